The Kier molecular flexibility index (Phi) is 4.59. The summed E-state index contributed by atoms with van der Waals surface area (Å²) >= 11 is 12.3. The van der Waals surface area contributed by atoms with Crippen LogP contribution in [0.4, 0.5) is 5.69 Å². The van der Waals surface area contributed by atoms with Crippen molar-refractivity contribution < 1.29 is 9.21 Å². The molecular formula is C25H24Cl2N2O2. The first-order chi connectivity index (χ1) is 14.9. The number of aromatic nitrogens is 1. The van der Waals surface area contributed by atoms with Gasteiger partial charge in [-0.1, -0.05) is 23.2 Å². The van der Waals surface area contributed by atoms with Crippen molar-refractivity contribution in [2.24, 2.45) is 23.2 Å². The maximum atomic E-state index is 12.9. The summed E-state index contributed by atoms with van der Waals surface area (Å²) in [6.45, 7) is 0. The number of nitrogens with one attached hydrogen (secondary N) is 1. The molecule has 2 aromatic carbocycles. The van der Waals surface area contributed by atoms with Crippen molar-refractivity contribution in [3.63, 3.8) is 0 Å². The van der Waals surface area contributed by atoms with Crippen molar-refractivity contribution in [3.05, 3.63) is 46.4 Å². The molecule has 4 aliphatic carbocycles. The van der Waals surface area contributed by atoms with Crippen LogP contribution in [0.3, 0.4) is 0 Å². The fraction of sp³-hybridized carbons (Fsp3) is 0.440. The smallest absolute Gasteiger partial charge is 0.227 e. The molecule has 0 saturated heterocycles. The van der Waals surface area contributed by atoms with Gasteiger partial charge in [-0.3, -0.25) is 4.79 Å². The van der Waals surface area contributed by atoms with Crippen LogP contribution in [0.5, 0.6) is 0 Å². The van der Waals surface area contributed by atoms with Crippen LogP contribution < -0.4 is 5.32 Å². The number of carbonyl (C=O) groups is 1. The lowest BCUT2D eigenvalue weighted by molar-refractivity contribution is -0.124. The van der Waals surface area contributed by atoms with E-state index in [2.05, 4.69) is 10.3 Å². The molecule has 4 aliphatic rings. The molecule has 31 heavy (non-hydrogen) atoms. The van der Waals surface area contributed by atoms with E-state index >= 15 is 0 Å². The second kappa shape index (κ2) is 7.25. The average molecular weight is 455 g/mol. The Morgan fingerprint density at radius 3 is 2.32 bits per heavy atom. The lowest BCUT2D eigenvalue weighted by Gasteiger charge is -2.56. The van der Waals surface area contributed by atoms with Gasteiger partial charge in [0, 0.05) is 22.7 Å². The molecule has 1 amide bonds. The third-order valence-electron chi connectivity index (χ3n) is 7.53. The van der Waals surface area contributed by atoms with Gasteiger partial charge < -0.3 is 9.73 Å². The molecule has 0 radical (unpaired) electrons. The number of nitrogens with zero attached hydrogens (tertiary/aromatic N) is 1. The Bertz CT molecular complexity index is 1130. The molecule has 1 N–H and O–H groups in total. The van der Waals surface area contributed by atoms with E-state index in [1.54, 1.807) is 12.1 Å². The minimum absolute atomic E-state index is 0.137. The van der Waals surface area contributed by atoms with E-state index in [0.29, 0.717) is 33.5 Å². The number of anilines is 1. The van der Waals surface area contributed by atoms with Crippen LogP contribution in [0.2, 0.25) is 10.0 Å². The summed E-state index contributed by atoms with van der Waals surface area (Å²) in [5, 5.41) is 4.07. The Labute approximate surface area is 191 Å². The van der Waals surface area contributed by atoms with Crippen LogP contribution in [0.1, 0.15) is 44.9 Å². The highest BCUT2D eigenvalue weighted by Crippen LogP contribution is 2.61. The van der Waals surface area contributed by atoms with Gasteiger partial charge in [0.15, 0.2) is 5.58 Å². The zero-order valence-electron chi connectivity index (χ0n) is 17.2. The second-order valence-electron chi connectivity index (χ2n) is 9.97. The van der Waals surface area contributed by atoms with Gasteiger partial charge in [0.05, 0.1) is 5.02 Å². The molecule has 4 bridgehead atoms. The van der Waals surface area contributed by atoms with E-state index in [1.807, 2.05) is 24.3 Å². The predicted octanol–water partition coefficient (Wildman–Crippen LogP) is 7.35. The van der Waals surface area contributed by atoms with Crippen molar-refractivity contribution in [2.75, 3.05) is 5.32 Å². The summed E-state index contributed by atoms with van der Waals surface area (Å²) in [7, 11) is 0. The molecule has 4 saturated carbocycles. The molecule has 0 unspecified atom stereocenters. The topological polar surface area (TPSA) is 55.1 Å². The van der Waals surface area contributed by atoms with Crippen LogP contribution in [-0.2, 0) is 4.79 Å². The first kappa shape index (κ1) is 19.6. The quantitative estimate of drug-likeness (QED) is 0.448. The van der Waals surface area contributed by atoms with Gasteiger partial charge in [-0.05, 0) is 98.1 Å². The highest BCUT2D eigenvalue weighted by Gasteiger charge is 2.51. The lowest BCUT2D eigenvalue weighted by atomic mass is 9.49. The molecule has 160 valence electrons. The van der Waals surface area contributed by atoms with Crippen LogP contribution >= 0.6 is 23.2 Å². The molecule has 1 aromatic heterocycles. The van der Waals surface area contributed by atoms with Gasteiger partial charge in [0.2, 0.25) is 11.8 Å². The van der Waals surface area contributed by atoms with Crippen molar-refractivity contribution in [3.8, 4) is 11.5 Å². The predicted molar refractivity (Wildman–Crippen MR) is 123 cm³/mol. The molecule has 0 atom stereocenters. The number of rotatable bonds is 4. The fourth-order valence-corrected chi connectivity index (χ4v) is 7.35. The Balaban J connectivity index is 1.16. The molecule has 7 rings (SSSR count). The van der Waals surface area contributed by atoms with Crippen LogP contribution in [0.25, 0.3) is 22.6 Å². The number of hydrogen-bond donors (Lipinski definition) is 1. The van der Waals surface area contributed by atoms with Gasteiger partial charge in [0.25, 0.3) is 0 Å². The third kappa shape index (κ3) is 3.64. The maximum absolute atomic E-state index is 12.9. The van der Waals surface area contributed by atoms with Crippen LogP contribution in [0, 0.1) is 23.2 Å². The summed E-state index contributed by atoms with van der Waals surface area (Å²) < 4.78 is 5.83. The fourth-order valence-electron chi connectivity index (χ4n) is 6.83. The van der Waals surface area contributed by atoms with Crippen LogP contribution in [-0.4, -0.2) is 10.9 Å². The van der Waals surface area contributed by atoms with E-state index in [4.69, 9.17) is 27.6 Å². The van der Waals surface area contributed by atoms with Gasteiger partial charge in [-0.25, -0.2) is 4.98 Å². The summed E-state index contributed by atoms with van der Waals surface area (Å²) in [4.78, 5) is 17.4. The number of halogens is 2. The lowest BCUT2D eigenvalue weighted by Crippen LogP contribution is -2.47. The molecule has 6 heteroatoms. The molecule has 0 spiro atoms. The number of carbonyl (C=O) groups excluding carboxylic acids is 1. The van der Waals surface area contributed by atoms with E-state index in [-0.39, 0.29) is 11.3 Å². The number of amides is 1. The minimum Gasteiger partial charge on any atom is -0.435 e. The van der Waals surface area contributed by atoms with Gasteiger partial charge in [-0.2, -0.15) is 0 Å². The maximum Gasteiger partial charge on any atom is 0.227 e. The summed E-state index contributed by atoms with van der Waals surface area (Å²) in [5.41, 5.74) is 3.02. The number of fused-ring (bicyclic) bond motifs is 1. The van der Waals surface area contributed by atoms with Gasteiger partial charge >= 0.3 is 0 Å². The first-order valence-corrected chi connectivity index (χ1v) is 11.9. The normalized spacial score (nSPS) is 28.9. The van der Waals surface area contributed by atoms with Crippen molar-refractivity contribution in [2.45, 2.75) is 44.9 Å². The minimum atomic E-state index is 0.137. The third-order valence-corrected chi connectivity index (χ3v) is 8.02. The molecule has 0 aliphatic heterocycles. The van der Waals surface area contributed by atoms with Gasteiger partial charge in [-0.15, -0.1) is 0 Å². The highest BCUT2D eigenvalue weighted by molar-refractivity contribution is 6.38. The SMILES string of the molecule is O=C(CC12CC3CC(CC(C3)C1)C2)Nc1ccc(-c2nc3cc(Cl)cc(Cl)c3o2)cc1. The standard InChI is InChI=1S/C25H24Cl2N2O2/c26-18-8-20(27)23-21(9-18)29-24(31-23)17-1-3-19(4-2-17)28-22(30)13-25-10-14-5-15(11-25)7-16(6-14)12-25/h1-4,8-9,14-16H,5-7,10-13H2,(H,28,30). The van der Waals surface area contributed by atoms with E-state index in [0.717, 1.165) is 29.0 Å². The van der Waals surface area contributed by atoms with Gasteiger partial charge in [0.1, 0.15) is 5.52 Å². The molecule has 4 fully saturated rings. The Morgan fingerprint density at radius 1 is 1.03 bits per heavy atom. The largest absolute Gasteiger partial charge is 0.435 e. The Hall–Kier alpha value is -2.04. The monoisotopic (exact) mass is 454 g/mol. The molecular weight excluding hydrogens is 431 g/mol. The first-order valence-electron chi connectivity index (χ1n) is 11.1. The Morgan fingerprint density at radius 2 is 1.68 bits per heavy atom. The van der Waals surface area contributed by atoms with Crippen molar-refractivity contribution >= 4 is 45.9 Å². The highest BCUT2D eigenvalue weighted by atomic mass is 35.5. The molecule has 4 nitrogen and oxygen atoms in total. The second-order valence-corrected chi connectivity index (χ2v) is 10.8. The van der Waals surface area contributed by atoms with E-state index < -0.39 is 0 Å². The van der Waals surface area contributed by atoms with Crippen molar-refractivity contribution in [1.82, 2.24) is 4.98 Å². The number of oxazole rings is 1. The summed E-state index contributed by atoms with van der Waals surface area (Å²) in [6, 6.07) is 11.0. The van der Waals surface area contributed by atoms with Crippen LogP contribution in [0.15, 0.2) is 40.8 Å². The number of hydrogen-bond acceptors (Lipinski definition) is 3. The van der Waals surface area contributed by atoms with E-state index in [1.165, 1.54) is 38.5 Å². The average Bonchev–Trinajstić information content (AvgIpc) is 3.11. The molecule has 1 heterocycles. The molecule has 3 aromatic rings. The summed E-state index contributed by atoms with van der Waals surface area (Å²) in [6.07, 6.45) is 8.59. The number of benzene rings is 2. The zero-order valence-corrected chi connectivity index (χ0v) is 18.7. The van der Waals surface area contributed by atoms with E-state index in [9.17, 15) is 4.79 Å². The van der Waals surface area contributed by atoms with Crippen molar-refractivity contribution in [1.29, 1.82) is 0 Å². The zero-order chi connectivity index (χ0) is 21.2. The summed E-state index contributed by atoms with van der Waals surface area (Å²) in [5.74, 6) is 3.19.